The molecule has 0 N–H and O–H groups in total. The summed E-state index contributed by atoms with van der Waals surface area (Å²) < 4.78 is 0. The molecule has 0 atom stereocenters. The Morgan fingerprint density at radius 2 is 0.818 bits per heavy atom. The molecule has 0 spiro atoms. The summed E-state index contributed by atoms with van der Waals surface area (Å²) in [6.07, 6.45) is 19.0. The molecule has 0 heterocycles. The third-order valence-corrected chi connectivity index (χ3v) is 1.31. The van der Waals surface area contributed by atoms with E-state index in [1.54, 1.807) is 0 Å². The van der Waals surface area contributed by atoms with Gasteiger partial charge >= 0.3 is 0 Å². The quantitative estimate of drug-likeness (QED) is 0.592. The molecular formula is C10H12Zr. The summed E-state index contributed by atoms with van der Waals surface area (Å²) >= 11 is 0. The van der Waals surface area contributed by atoms with Gasteiger partial charge in [-0.3, -0.25) is 0 Å². The fourth-order valence-corrected chi connectivity index (χ4v) is 0.786. The molecule has 0 radical (unpaired) electrons. The molecule has 0 nitrogen and oxygen atoms in total. The largest absolute Gasteiger partial charge is 0.0808 e. The molecule has 0 amide bonds. The van der Waals surface area contributed by atoms with Crippen LogP contribution in [0.3, 0.4) is 0 Å². The molecule has 2 rings (SSSR count). The Bertz CT molecular complexity index is 143. The van der Waals surface area contributed by atoms with E-state index >= 15 is 0 Å². The Morgan fingerprint density at radius 1 is 0.545 bits per heavy atom. The molecule has 1 heteroatoms. The van der Waals surface area contributed by atoms with E-state index in [1.807, 2.05) is 0 Å². The standard InChI is InChI=1S/2C5H6.Zr/c2*1-2-4-5-3-1;/h2*1-4H,5H2;. The second-order valence-corrected chi connectivity index (χ2v) is 2.18. The van der Waals surface area contributed by atoms with Gasteiger partial charge in [-0.1, -0.05) is 48.6 Å². The van der Waals surface area contributed by atoms with Gasteiger partial charge in [0, 0.05) is 26.2 Å². The molecule has 0 saturated carbocycles. The van der Waals surface area contributed by atoms with E-state index in [9.17, 15) is 0 Å². The van der Waals surface area contributed by atoms with Gasteiger partial charge in [0.05, 0.1) is 0 Å². The molecule has 0 aromatic carbocycles. The second kappa shape index (κ2) is 7.94. The topological polar surface area (TPSA) is 0 Å². The van der Waals surface area contributed by atoms with E-state index in [4.69, 9.17) is 0 Å². The Kier molecular flexibility index (Phi) is 7.83. The van der Waals surface area contributed by atoms with E-state index in [2.05, 4.69) is 48.6 Å². The normalized spacial score (nSPS) is 16.0. The molecule has 0 aromatic heterocycles. The van der Waals surface area contributed by atoms with Crippen molar-refractivity contribution in [2.24, 2.45) is 0 Å². The van der Waals surface area contributed by atoms with Gasteiger partial charge in [0.15, 0.2) is 0 Å². The van der Waals surface area contributed by atoms with Crippen LogP contribution in [0.2, 0.25) is 0 Å². The fraction of sp³-hybridized carbons (Fsp3) is 0.200. The summed E-state index contributed by atoms with van der Waals surface area (Å²) in [5.41, 5.74) is 0. The van der Waals surface area contributed by atoms with E-state index in [1.165, 1.54) is 0 Å². The monoisotopic (exact) mass is 222 g/mol. The van der Waals surface area contributed by atoms with Crippen molar-refractivity contribution in [1.29, 1.82) is 0 Å². The second-order valence-electron chi connectivity index (χ2n) is 2.18. The molecule has 56 valence electrons. The average molecular weight is 223 g/mol. The van der Waals surface area contributed by atoms with Crippen LogP contribution in [0.1, 0.15) is 12.8 Å². The predicted molar refractivity (Wildman–Crippen MR) is 45.8 cm³/mol. The predicted octanol–water partition coefficient (Wildman–Crippen LogP) is 3.00. The van der Waals surface area contributed by atoms with Crippen LogP contribution < -0.4 is 0 Å². The molecule has 0 bridgehead atoms. The first-order valence-electron chi connectivity index (χ1n) is 3.63. The van der Waals surface area contributed by atoms with Gasteiger partial charge in [0.25, 0.3) is 0 Å². The SMILES string of the molecule is C1=CCC=C1.C1=CCC=C1.[Zr]. The van der Waals surface area contributed by atoms with Gasteiger partial charge in [-0.05, 0) is 12.8 Å². The third-order valence-electron chi connectivity index (χ3n) is 1.31. The molecular weight excluding hydrogens is 211 g/mol. The van der Waals surface area contributed by atoms with Gasteiger partial charge in [-0.15, -0.1) is 0 Å². The van der Waals surface area contributed by atoms with Crippen LogP contribution in [0, 0.1) is 0 Å². The van der Waals surface area contributed by atoms with Crippen LogP contribution in [-0.4, -0.2) is 0 Å². The average Bonchev–Trinajstić information content (AvgIpc) is 2.67. The number of rotatable bonds is 0. The van der Waals surface area contributed by atoms with Crippen molar-refractivity contribution in [1.82, 2.24) is 0 Å². The van der Waals surface area contributed by atoms with Crippen LogP contribution in [0.4, 0.5) is 0 Å². The Labute approximate surface area is 87.5 Å². The zero-order chi connectivity index (χ0) is 7.07. The Balaban J connectivity index is 0.000000167. The minimum absolute atomic E-state index is 0. The molecule has 0 aliphatic heterocycles. The van der Waals surface area contributed by atoms with Crippen molar-refractivity contribution in [2.75, 3.05) is 0 Å². The van der Waals surface area contributed by atoms with Crippen molar-refractivity contribution in [2.45, 2.75) is 12.8 Å². The minimum atomic E-state index is 0. The van der Waals surface area contributed by atoms with Crippen molar-refractivity contribution in [3.05, 3.63) is 48.6 Å². The van der Waals surface area contributed by atoms with E-state index in [0.29, 0.717) is 0 Å². The van der Waals surface area contributed by atoms with E-state index < -0.39 is 0 Å². The minimum Gasteiger partial charge on any atom is -0.0808 e. The smallest absolute Gasteiger partial charge is 0 e. The van der Waals surface area contributed by atoms with Gasteiger partial charge < -0.3 is 0 Å². The zero-order valence-corrected chi connectivity index (χ0v) is 8.99. The van der Waals surface area contributed by atoms with E-state index in [-0.39, 0.29) is 26.2 Å². The summed E-state index contributed by atoms with van der Waals surface area (Å²) in [5.74, 6) is 0. The summed E-state index contributed by atoms with van der Waals surface area (Å²) in [6.45, 7) is 0. The molecule has 2 aliphatic rings. The third kappa shape index (κ3) is 6.25. The summed E-state index contributed by atoms with van der Waals surface area (Å²) in [4.78, 5) is 0. The summed E-state index contributed by atoms with van der Waals surface area (Å²) in [6, 6.07) is 0. The molecule has 0 aromatic rings. The number of allylic oxidation sites excluding steroid dienone is 8. The van der Waals surface area contributed by atoms with Crippen LogP contribution >= 0.6 is 0 Å². The molecule has 0 unspecified atom stereocenters. The molecule has 0 fully saturated rings. The van der Waals surface area contributed by atoms with E-state index in [0.717, 1.165) is 12.8 Å². The zero-order valence-electron chi connectivity index (χ0n) is 6.53. The maximum Gasteiger partial charge on any atom is 0 e. The van der Waals surface area contributed by atoms with Gasteiger partial charge in [0.1, 0.15) is 0 Å². The van der Waals surface area contributed by atoms with Crippen molar-refractivity contribution >= 4 is 0 Å². The van der Waals surface area contributed by atoms with Gasteiger partial charge in [-0.2, -0.15) is 0 Å². The fourth-order valence-electron chi connectivity index (χ4n) is 0.786. The van der Waals surface area contributed by atoms with Crippen LogP contribution in [-0.2, 0) is 26.2 Å². The molecule has 11 heavy (non-hydrogen) atoms. The first kappa shape index (κ1) is 10.8. The van der Waals surface area contributed by atoms with Crippen LogP contribution in [0.5, 0.6) is 0 Å². The van der Waals surface area contributed by atoms with Crippen molar-refractivity contribution in [3.8, 4) is 0 Å². The molecule has 2 aliphatic carbocycles. The number of hydrogen-bond donors (Lipinski definition) is 0. The summed E-state index contributed by atoms with van der Waals surface area (Å²) in [5, 5.41) is 0. The van der Waals surface area contributed by atoms with Gasteiger partial charge in [-0.25, -0.2) is 0 Å². The van der Waals surface area contributed by atoms with Crippen LogP contribution in [0.15, 0.2) is 48.6 Å². The number of hydrogen-bond acceptors (Lipinski definition) is 0. The first-order chi connectivity index (χ1) is 5.00. The van der Waals surface area contributed by atoms with Crippen LogP contribution in [0.25, 0.3) is 0 Å². The van der Waals surface area contributed by atoms with Gasteiger partial charge in [0.2, 0.25) is 0 Å². The Hall–Kier alpha value is -0.157. The van der Waals surface area contributed by atoms with Crippen molar-refractivity contribution < 1.29 is 26.2 Å². The maximum absolute atomic E-state index is 2.12. The Morgan fingerprint density at radius 3 is 0.909 bits per heavy atom. The van der Waals surface area contributed by atoms with Crippen molar-refractivity contribution in [3.63, 3.8) is 0 Å². The maximum atomic E-state index is 2.12. The summed E-state index contributed by atoms with van der Waals surface area (Å²) in [7, 11) is 0. The molecule has 0 saturated heterocycles. The first-order valence-corrected chi connectivity index (χ1v) is 3.63.